The van der Waals surface area contributed by atoms with Gasteiger partial charge in [0.1, 0.15) is 6.10 Å². The largest absolute Gasteiger partial charge is 0.481 e. The zero-order valence-corrected chi connectivity index (χ0v) is 29.9. The van der Waals surface area contributed by atoms with Gasteiger partial charge in [0.15, 0.2) is 0 Å². The van der Waals surface area contributed by atoms with Gasteiger partial charge in [0, 0.05) is 13.0 Å². The molecule has 4 rings (SSSR count). The van der Waals surface area contributed by atoms with Gasteiger partial charge in [-0.2, -0.15) is 0 Å². The van der Waals surface area contributed by atoms with E-state index < -0.39 is 5.97 Å². The van der Waals surface area contributed by atoms with E-state index in [2.05, 4.69) is 39.1 Å². The third-order valence-corrected chi connectivity index (χ3v) is 12.2. The quantitative estimate of drug-likeness (QED) is 0.0964. The third-order valence-electron chi connectivity index (χ3n) is 12.2. The summed E-state index contributed by atoms with van der Waals surface area (Å²) in [5, 5.41) is 11.4. The van der Waals surface area contributed by atoms with E-state index in [1.54, 1.807) is 5.57 Å². The summed E-state index contributed by atoms with van der Waals surface area (Å²) >= 11 is 0. The van der Waals surface area contributed by atoms with Crippen LogP contribution in [-0.2, 0) is 28.5 Å². The molecule has 0 heterocycles. The predicted octanol–water partition coefficient (Wildman–Crippen LogP) is 7.42. The van der Waals surface area contributed by atoms with Gasteiger partial charge in [-0.05, 0) is 91.8 Å². The number of aliphatic carboxylic acids is 1. The molecule has 0 saturated heterocycles. The number of carboxylic acid groups (broad SMARTS) is 1. The lowest BCUT2D eigenvalue weighted by Gasteiger charge is -2.58. The van der Waals surface area contributed by atoms with E-state index in [1.165, 1.54) is 57.8 Å². The highest BCUT2D eigenvalue weighted by atomic mass is 16.6. The highest BCUT2D eigenvalue weighted by molar-refractivity contribution is 5.67. The summed E-state index contributed by atoms with van der Waals surface area (Å²) in [5.41, 5.74) is 2.34. The van der Waals surface area contributed by atoms with Crippen molar-refractivity contribution in [1.82, 2.24) is 5.32 Å². The molecule has 3 fully saturated rings. The van der Waals surface area contributed by atoms with Crippen molar-refractivity contribution >= 4 is 12.1 Å². The van der Waals surface area contributed by atoms with Crippen molar-refractivity contribution in [2.45, 2.75) is 117 Å². The summed E-state index contributed by atoms with van der Waals surface area (Å²) in [7, 11) is 0. The van der Waals surface area contributed by atoms with Crippen LogP contribution in [0.1, 0.15) is 111 Å². The van der Waals surface area contributed by atoms with Gasteiger partial charge in [-0.3, -0.25) is 4.79 Å². The molecule has 0 radical (unpaired) electrons. The van der Waals surface area contributed by atoms with Crippen molar-refractivity contribution < 1.29 is 38.4 Å². The molecular weight excluding hydrogens is 598 g/mol. The summed E-state index contributed by atoms with van der Waals surface area (Å²) in [6.07, 6.45) is 17.6. The first-order valence-electron chi connectivity index (χ1n) is 18.8. The van der Waals surface area contributed by atoms with Crippen LogP contribution in [0, 0.1) is 40.4 Å². The molecule has 2 N–H and O–H groups in total. The van der Waals surface area contributed by atoms with E-state index in [9.17, 15) is 9.59 Å². The Hall–Kier alpha value is -1.68. The fourth-order valence-electron chi connectivity index (χ4n) is 9.59. The number of carbonyl (C=O) groups is 2. The SMILES string of the molecule is CC(C)CCCCC1CCC2C3CC=C4CC(OC(=O)NCCOCCOCCOCCOCCC(=O)O)CCC4(C)C3CCC12C. The predicted molar refractivity (Wildman–Crippen MR) is 182 cm³/mol. The molecule has 0 aromatic heterocycles. The van der Waals surface area contributed by atoms with E-state index in [-0.39, 0.29) is 30.6 Å². The van der Waals surface area contributed by atoms with E-state index >= 15 is 0 Å². The molecular formula is C38H65NO8. The molecule has 0 aromatic rings. The number of rotatable bonds is 21. The van der Waals surface area contributed by atoms with Crippen molar-refractivity contribution in [3.8, 4) is 0 Å². The van der Waals surface area contributed by atoms with Crippen molar-refractivity contribution in [3.63, 3.8) is 0 Å². The normalized spacial score (nSPS) is 31.5. The van der Waals surface area contributed by atoms with Gasteiger partial charge < -0.3 is 34.1 Å². The Balaban J connectivity index is 1.07. The highest BCUT2D eigenvalue weighted by Gasteiger charge is 2.58. The standard InChI is InChI=1S/C38H65NO8/c1-28(2)7-5-6-8-29-10-12-33-32-11-9-30-27-31(13-16-38(30,4)34(32)14-17-37(29,33)3)47-36(42)39-18-20-44-22-24-46-26-25-45-23-21-43-19-15-35(40)41/h9,28-29,31-34H,5-8,10-27H2,1-4H3,(H,39,42)(H,40,41). The Labute approximate surface area is 284 Å². The van der Waals surface area contributed by atoms with Crippen LogP contribution in [0.2, 0.25) is 0 Å². The molecule has 7 atom stereocenters. The lowest BCUT2D eigenvalue weighted by atomic mass is 9.47. The minimum Gasteiger partial charge on any atom is -0.481 e. The number of unbranched alkanes of at least 4 members (excludes halogenated alkanes) is 1. The van der Waals surface area contributed by atoms with Crippen LogP contribution in [0.3, 0.4) is 0 Å². The summed E-state index contributed by atoms with van der Waals surface area (Å²) in [5.74, 6) is 3.35. The maximum atomic E-state index is 12.6. The Bertz CT molecular complexity index is 1000. The summed E-state index contributed by atoms with van der Waals surface area (Å²) in [6.45, 7) is 13.4. The van der Waals surface area contributed by atoms with Crippen molar-refractivity contribution in [2.24, 2.45) is 40.4 Å². The van der Waals surface area contributed by atoms with Crippen molar-refractivity contribution in [2.75, 3.05) is 59.4 Å². The third kappa shape index (κ3) is 10.9. The Morgan fingerprint density at radius 3 is 2.23 bits per heavy atom. The molecule has 9 nitrogen and oxygen atoms in total. The minimum absolute atomic E-state index is 0.00163. The van der Waals surface area contributed by atoms with Crippen LogP contribution in [0.5, 0.6) is 0 Å². The fourth-order valence-corrected chi connectivity index (χ4v) is 9.59. The first kappa shape index (κ1) is 38.1. The monoisotopic (exact) mass is 663 g/mol. The number of allylic oxidation sites excluding steroid dienone is 1. The molecule has 0 aliphatic heterocycles. The van der Waals surface area contributed by atoms with Crippen LogP contribution in [0.15, 0.2) is 11.6 Å². The van der Waals surface area contributed by atoms with Gasteiger partial charge in [0.05, 0.1) is 59.3 Å². The van der Waals surface area contributed by atoms with E-state index in [4.69, 9.17) is 28.8 Å². The summed E-state index contributed by atoms with van der Waals surface area (Å²) in [4.78, 5) is 23.0. The van der Waals surface area contributed by atoms with Crippen molar-refractivity contribution in [3.05, 3.63) is 11.6 Å². The van der Waals surface area contributed by atoms with Gasteiger partial charge in [0.25, 0.3) is 0 Å². The average Bonchev–Trinajstić information content (AvgIpc) is 3.37. The van der Waals surface area contributed by atoms with Gasteiger partial charge in [0.2, 0.25) is 0 Å². The number of hydrogen-bond donors (Lipinski definition) is 2. The first-order valence-corrected chi connectivity index (χ1v) is 18.8. The first-order chi connectivity index (χ1) is 22.6. The molecule has 0 aromatic carbocycles. The van der Waals surface area contributed by atoms with E-state index in [0.29, 0.717) is 58.2 Å². The average molecular weight is 664 g/mol. The number of nitrogens with one attached hydrogen (secondary N) is 1. The van der Waals surface area contributed by atoms with E-state index in [0.717, 1.165) is 48.9 Å². The number of amides is 1. The second-order valence-corrected chi connectivity index (χ2v) is 15.5. The molecule has 9 heteroatoms. The minimum atomic E-state index is -0.870. The lowest BCUT2D eigenvalue weighted by Crippen LogP contribution is -2.50. The van der Waals surface area contributed by atoms with Crippen LogP contribution in [-0.4, -0.2) is 82.7 Å². The van der Waals surface area contributed by atoms with Crippen LogP contribution >= 0.6 is 0 Å². The summed E-state index contributed by atoms with van der Waals surface area (Å²) < 4.78 is 27.4. The smallest absolute Gasteiger partial charge is 0.407 e. The number of carboxylic acids is 1. The van der Waals surface area contributed by atoms with Crippen LogP contribution < -0.4 is 5.32 Å². The molecule has 4 aliphatic rings. The molecule has 270 valence electrons. The number of carbonyl (C=O) groups excluding carboxylic acids is 1. The lowest BCUT2D eigenvalue weighted by molar-refractivity contribution is -0.138. The van der Waals surface area contributed by atoms with Gasteiger partial charge >= 0.3 is 12.1 Å². The second kappa shape index (κ2) is 18.9. The molecule has 1 amide bonds. The maximum absolute atomic E-state index is 12.6. The highest BCUT2D eigenvalue weighted by Crippen LogP contribution is 2.66. The topological polar surface area (TPSA) is 113 Å². The zero-order chi connectivity index (χ0) is 33.7. The molecule has 3 saturated carbocycles. The van der Waals surface area contributed by atoms with Crippen LogP contribution in [0.25, 0.3) is 0 Å². The van der Waals surface area contributed by atoms with Gasteiger partial charge in [-0.1, -0.05) is 58.6 Å². The van der Waals surface area contributed by atoms with E-state index in [1.807, 2.05) is 0 Å². The molecule has 7 unspecified atom stereocenters. The number of alkyl carbamates (subject to hydrolysis) is 1. The second-order valence-electron chi connectivity index (χ2n) is 15.5. The molecule has 0 bridgehead atoms. The zero-order valence-electron chi connectivity index (χ0n) is 29.9. The van der Waals surface area contributed by atoms with Crippen LogP contribution in [0.4, 0.5) is 4.79 Å². The molecule has 4 aliphatic carbocycles. The van der Waals surface area contributed by atoms with Crippen molar-refractivity contribution in [1.29, 1.82) is 0 Å². The Kier molecular flexibility index (Phi) is 15.3. The number of ether oxygens (including phenoxy) is 5. The van der Waals surface area contributed by atoms with Gasteiger partial charge in [-0.25, -0.2) is 4.79 Å². The Morgan fingerprint density at radius 2 is 1.55 bits per heavy atom. The molecule has 47 heavy (non-hydrogen) atoms. The number of hydrogen-bond acceptors (Lipinski definition) is 7. The fraction of sp³-hybridized carbons (Fsp3) is 0.895. The number of fused-ring (bicyclic) bond motifs is 5. The molecule has 0 spiro atoms. The Morgan fingerprint density at radius 1 is 0.872 bits per heavy atom. The van der Waals surface area contributed by atoms with Gasteiger partial charge in [-0.15, -0.1) is 0 Å². The summed E-state index contributed by atoms with van der Waals surface area (Å²) in [6, 6.07) is 0. The maximum Gasteiger partial charge on any atom is 0.407 e.